The average molecular weight is 320 g/mol. The Bertz CT molecular complexity index is 906. The molecule has 0 aliphatic heterocycles. The summed E-state index contributed by atoms with van der Waals surface area (Å²) in [5.41, 5.74) is 7.80. The second kappa shape index (κ2) is 6.52. The smallest absolute Gasteiger partial charge is 0.251 e. The number of amides is 1. The van der Waals surface area contributed by atoms with Gasteiger partial charge >= 0.3 is 0 Å². The highest BCUT2D eigenvalue weighted by Gasteiger charge is 2.12. The maximum atomic E-state index is 12.4. The minimum Gasteiger partial charge on any atom is -0.358 e. The highest BCUT2D eigenvalue weighted by molar-refractivity contribution is 5.95. The second-order valence-electron chi connectivity index (χ2n) is 6.55. The summed E-state index contributed by atoms with van der Waals surface area (Å²) in [6, 6.07) is 12.3. The Labute approximate surface area is 143 Å². The maximum absolute atomic E-state index is 12.4. The van der Waals surface area contributed by atoms with Crippen LogP contribution in [0.3, 0.4) is 0 Å². The fourth-order valence-corrected chi connectivity index (χ4v) is 3.25. The molecule has 24 heavy (non-hydrogen) atoms. The van der Waals surface area contributed by atoms with Crippen molar-refractivity contribution in [2.24, 2.45) is 0 Å². The number of H-pyrrole nitrogens is 1. The van der Waals surface area contributed by atoms with Gasteiger partial charge in [-0.2, -0.15) is 0 Å². The number of nitrogens with one attached hydrogen (secondary N) is 2. The van der Waals surface area contributed by atoms with Crippen molar-refractivity contribution in [2.75, 3.05) is 6.54 Å². The maximum Gasteiger partial charge on any atom is 0.251 e. The molecule has 0 fully saturated rings. The van der Waals surface area contributed by atoms with Crippen LogP contribution in [0.15, 0.2) is 36.4 Å². The van der Waals surface area contributed by atoms with Gasteiger partial charge in [-0.15, -0.1) is 0 Å². The average Bonchev–Trinajstić information content (AvgIpc) is 2.87. The predicted octanol–water partition coefficient (Wildman–Crippen LogP) is 4.37. The molecule has 0 bridgehead atoms. The minimum absolute atomic E-state index is 0.00451. The van der Waals surface area contributed by atoms with E-state index in [2.05, 4.69) is 42.3 Å². The third kappa shape index (κ3) is 3.07. The van der Waals surface area contributed by atoms with Crippen LogP contribution in [0.4, 0.5) is 0 Å². The monoisotopic (exact) mass is 320 g/mol. The normalized spacial score (nSPS) is 11.0. The van der Waals surface area contributed by atoms with Crippen LogP contribution < -0.4 is 5.32 Å². The molecule has 0 saturated carbocycles. The molecule has 2 N–H and O–H groups in total. The van der Waals surface area contributed by atoms with E-state index in [1.807, 2.05) is 32.0 Å². The number of benzene rings is 2. The molecule has 0 radical (unpaired) electrons. The zero-order chi connectivity index (χ0) is 17.3. The number of para-hydroxylation sites is 1. The van der Waals surface area contributed by atoms with Gasteiger partial charge in [0, 0.05) is 28.7 Å². The molecule has 0 unspecified atom stereocenters. The van der Waals surface area contributed by atoms with Crippen molar-refractivity contribution in [3.8, 4) is 0 Å². The Morgan fingerprint density at radius 3 is 2.62 bits per heavy atom. The van der Waals surface area contributed by atoms with Gasteiger partial charge < -0.3 is 10.3 Å². The molecule has 1 heterocycles. The van der Waals surface area contributed by atoms with E-state index in [9.17, 15) is 4.79 Å². The number of aromatic nitrogens is 1. The van der Waals surface area contributed by atoms with Gasteiger partial charge in [-0.3, -0.25) is 4.79 Å². The molecule has 3 nitrogen and oxygen atoms in total. The first-order valence-corrected chi connectivity index (χ1v) is 8.39. The van der Waals surface area contributed by atoms with Crippen LogP contribution in [0.1, 0.15) is 38.3 Å². The lowest BCUT2D eigenvalue weighted by atomic mass is 10.0. The largest absolute Gasteiger partial charge is 0.358 e. The number of carbonyl (C=O) groups excluding carboxylic acids is 1. The molecule has 0 saturated heterocycles. The number of hydrogen-bond donors (Lipinski definition) is 2. The lowest BCUT2D eigenvalue weighted by molar-refractivity contribution is 0.0953. The highest BCUT2D eigenvalue weighted by Crippen LogP contribution is 2.24. The van der Waals surface area contributed by atoms with E-state index in [4.69, 9.17) is 0 Å². The molecule has 1 amide bonds. The van der Waals surface area contributed by atoms with Gasteiger partial charge in [-0.05, 0) is 56.9 Å². The lowest BCUT2D eigenvalue weighted by Gasteiger charge is -2.09. The van der Waals surface area contributed by atoms with E-state index in [0.29, 0.717) is 6.54 Å². The van der Waals surface area contributed by atoms with Crippen LogP contribution in [0.2, 0.25) is 0 Å². The SMILES string of the molecule is Cc1ccc(C)c(C(=O)NCCc2c(C)[nH]c3c(C)cccc23)c1. The van der Waals surface area contributed by atoms with Crippen molar-refractivity contribution in [3.05, 3.63) is 69.9 Å². The van der Waals surface area contributed by atoms with Crippen LogP contribution in [0.25, 0.3) is 10.9 Å². The predicted molar refractivity (Wildman–Crippen MR) is 99.7 cm³/mol. The van der Waals surface area contributed by atoms with Crippen molar-refractivity contribution in [1.82, 2.24) is 10.3 Å². The molecule has 3 rings (SSSR count). The standard InChI is InChI=1S/C21H24N2O/c1-13-8-9-14(2)19(12-13)21(24)22-11-10-17-16(4)23-20-15(3)6-5-7-18(17)20/h5-9,12,23H,10-11H2,1-4H3,(H,22,24). The van der Waals surface area contributed by atoms with Gasteiger partial charge in [0.25, 0.3) is 5.91 Å². The van der Waals surface area contributed by atoms with Gasteiger partial charge in [0.15, 0.2) is 0 Å². The van der Waals surface area contributed by atoms with E-state index in [0.717, 1.165) is 23.1 Å². The van der Waals surface area contributed by atoms with Crippen LogP contribution >= 0.6 is 0 Å². The van der Waals surface area contributed by atoms with Crippen LogP contribution in [-0.2, 0) is 6.42 Å². The second-order valence-corrected chi connectivity index (χ2v) is 6.55. The van der Waals surface area contributed by atoms with E-state index in [-0.39, 0.29) is 5.91 Å². The number of rotatable bonds is 4. The van der Waals surface area contributed by atoms with Gasteiger partial charge in [-0.1, -0.05) is 35.9 Å². The fraction of sp³-hybridized carbons (Fsp3) is 0.286. The quantitative estimate of drug-likeness (QED) is 0.736. The summed E-state index contributed by atoms with van der Waals surface area (Å²) >= 11 is 0. The Hall–Kier alpha value is -2.55. The Morgan fingerprint density at radius 1 is 1.04 bits per heavy atom. The van der Waals surface area contributed by atoms with Gasteiger partial charge in [-0.25, -0.2) is 0 Å². The van der Waals surface area contributed by atoms with Gasteiger partial charge in [0.05, 0.1) is 0 Å². The van der Waals surface area contributed by atoms with Gasteiger partial charge in [0.2, 0.25) is 0 Å². The molecule has 3 aromatic rings. The summed E-state index contributed by atoms with van der Waals surface area (Å²) in [6.45, 7) is 8.83. The number of carbonyl (C=O) groups is 1. The summed E-state index contributed by atoms with van der Waals surface area (Å²) < 4.78 is 0. The Morgan fingerprint density at radius 2 is 1.83 bits per heavy atom. The third-order valence-corrected chi connectivity index (χ3v) is 4.66. The van der Waals surface area contributed by atoms with Gasteiger partial charge in [0.1, 0.15) is 0 Å². The van der Waals surface area contributed by atoms with E-state index in [1.165, 1.54) is 27.7 Å². The summed E-state index contributed by atoms with van der Waals surface area (Å²) in [4.78, 5) is 15.9. The Kier molecular flexibility index (Phi) is 4.43. The molecule has 0 atom stereocenters. The summed E-state index contributed by atoms with van der Waals surface area (Å²) in [5, 5.41) is 4.32. The van der Waals surface area contributed by atoms with Crippen molar-refractivity contribution in [3.63, 3.8) is 0 Å². The fourth-order valence-electron chi connectivity index (χ4n) is 3.25. The van der Waals surface area contributed by atoms with Crippen LogP contribution in [-0.4, -0.2) is 17.4 Å². The summed E-state index contributed by atoms with van der Waals surface area (Å²) in [6.07, 6.45) is 0.825. The van der Waals surface area contributed by atoms with Crippen molar-refractivity contribution in [2.45, 2.75) is 34.1 Å². The van der Waals surface area contributed by atoms with E-state index < -0.39 is 0 Å². The molecular weight excluding hydrogens is 296 g/mol. The number of aryl methyl sites for hydroxylation is 4. The molecule has 2 aromatic carbocycles. The first-order valence-electron chi connectivity index (χ1n) is 8.39. The topological polar surface area (TPSA) is 44.9 Å². The first-order chi connectivity index (χ1) is 11.5. The Balaban J connectivity index is 1.73. The minimum atomic E-state index is 0.00451. The molecule has 0 aliphatic carbocycles. The first kappa shape index (κ1) is 16.3. The zero-order valence-electron chi connectivity index (χ0n) is 14.8. The summed E-state index contributed by atoms with van der Waals surface area (Å²) in [7, 11) is 0. The number of aromatic amines is 1. The zero-order valence-corrected chi connectivity index (χ0v) is 14.8. The van der Waals surface area contributed by atoms with E-state index >= 15 is 0 Å². The number of hydrogen-bond acceptors (Lipinski definition) is 1. The summed E-state index contributed by atoms with van der Waals surface area (Å²) in [5.74, 6) is 0.00451. The third-order valence-electron chi connectivity index (χ3n) is 4.66. The molecule has 3 heteroatoms. The van der Waals surface area contributed by atoms with Crippen LogP contribution in [0, 0.1) is 27.7 Å². The van der Waals surface area contributed by atoms with E-state index in [1.54, 1.807) is 0 Å². The highest BCUT2D eigenvalue weighted by atomic mass is 16.1. The number of fused-ring (bicyclic) bond motifs is 1. The van der Waals surface area contributed by atoms with Crippen molar-refractivity contribution >= 4 is 16.8 Å². The molecule has 1 aromatic heterocycles. The lowest BCUT2D eigenvalue weighted by Crippen LogP contribution is -2.26. The van der Waals surface area contributed by atoms with Crippen LogP contribution in [0.5, 0.6) is 0 Å². The van der Waals surface area contributed by atoms with Crippen molar-refractivity contribution in [1.29, 1.82) is 0 Å². The molecule has 0 aliphatic rings. The van der Waals surface area contributed by atoms with Crippen molar-refractivity contribution < 1.29 is 4.79 Å². The molecule has 124 valence electrons. The molecule has 0 spiro atoms. The molecular formula is C21H24N2O.